The molecule has 1 unspecified atom stereocenters. The first kappa shape index (κ1) is 13.4. The first-order valence-electron chi connectivity index (χ1n) is 7.10. The van der Waals surface area contributed by atoms with E-state index in [-0.39, 0.29) is 17.7 Å². The van der Waals surface area contributed by atoms with Gasteiger partial charge in [-0.2, -0.15) is 0 Å². The van der Waals surface area contributed by atoms with Crippen LogP contribution in [0.15, 0.2) is 30.3 Å². The summed E-state index contributed by atoms with van der Waals surface area (Å²) in [7, 11) is 0. The number of benzene rings is 1. The smallest absolute Gasteiger partial charge is 0.217 e. The van der Waals surface area contributed by atoms with Gasteiger partial charge in [0, 0.05) is 12.3 Å². The van der Waals surface area contributed by atoms with E-state index < -0.39 is 3.55 Å². The number of fused-ring (bicyclic) bond motifs is 1. The van der Waals surface area contributed by atoms with Crippen LogP contribution in [0.4, 0.5) is 0 Å². The molecule has 2 aliphatic rings. The minimum absolute atomic E-state index is 0.0522. The predicted molar refractivity (Wildman–Crippen MR) is 86.2 cm³/mol. The van der Waals surface area contributed by atoms with Gasteiger partial charge in [-0.1, -0.05) is 52.9 Å². The number of carbonyl (C=O) groups is 1. The van der Waals surface area contributed by atoms with Crippen molar-refractivity contribution in [2.24, 2.45) is 11.7 Å². The number of halogens is 1. The van der Waals surface area contributed by atoms with E-state index in [1.807, 2.05) is 22.9 Å². The van der Waals surface area contributed by atoms with Gasteiger partial charge in [0.25, 0.3) is 0 Å². The van der Waals surface area contributed by atoms with Crippen molar-refractivity contribution in [1.29, 1.82) is 0 Å². The van der Waals surface area contributed by atoms with Gasteiger partial charge in [0.1, 0.15) is 3.55 Å². The lowest BCUT2D eigenvalue weighted by Crippen LogP contribution is -2.27. The summed E-state index contributed by atoms with van der Waals surface area (Å²) in [6.07, 6.45) is 2.66. The summed E-state index contributed by atoms with van der Waals surface area (Å²) >= 11 is 2.21. The van der Waals surface area contributed by atoms with Crippen LogP contribution in [0.25, 0.3) is 0 Å². The van der Waals surface area contributed by atoms with E-state index in [0.29, 0.717) is 11.6 Å². The zero-order valence-corrected chi connectivity index (χ0v) is 13.5. The molecular weight excluding hydrogens is 379 g/mol. The second-order valence-electron chi connectivity index (χ2n) is 5.84. The van der Waals surface area contributed by atoms with Gasteiger partial charge >= 0.3 is 0 Å². The fourth-order valence-corrected chi connectivity index (χ4v) is 3.63. The average molecular weight is 394 g/mol. The number of aromatic nitrogens is 3. The lowest BCUT2D eigenvalue weighted by molar-refractivity contribution is 0.0956. The number of hydrogen-bond donors (Lipinski definition) is 1. The summed E-state index contributed by atoms with van der Waals surface area (Å²) in [6.45, 7) is 0. The van der Waals surface area contributed by atoms with Crippen molar-refractivity contribution in [3.8, 4) is 0 Å². The topological polar surface area (TPSA) is 73.8 Å². The van der Waals surface area contributed by atoms with Crippen LogP contribution in [0.3, 0.4) is 0 Å². The Morgan fingerprint density at radius 1 is 1.33 bits per heavy atom. The monoisotopic (exact) mass is 394 g/mol. The standard InChI is InChI=1S/C15H15IN4O/c16-15(17)8-11(9-4-2-1-3-5-9)20-14(15)18-13(19-20)12(21)10-6-7-10/h1-5,10-11H,6-8,17H2/t11-,15?/m1/s1. The summed E-state index contributed by atoms with van der Waals surface area (Å²) in [6, 6.07) is 10.2. The third kappa shape index (κ3) is 2.20. The molecule has 21 heavy (non-hydrogen) atoms. The Labute approximate surface area is 136 Å². The predicted octanol–water partition coefficient (Wildman–Crippen LogP) is 2.41. The molecule has 2 N–H and O–H groups in total. The highest BCUT2D eigenvalue weighted by atomic mass is 127. The Morgan fingerprint density at radius 3 is 2.71 bits per heavy atom. The third-order valence-electron chi connectivity index (χ3n) is 4.14. The van der Waals surface area contributed by atoms with E-state index in [1.165, 1.54) is 0 Å². The van der Waals surface area contributed by atoms with E-state index in [1.54, 1.807) is 0 Å². The maximum atomic E-state index is 12.2. The Morgan fingerprint density at radius 2 is 2.05 bits per heavy atom. The van der Waals surface area contributed by atoms with Crippen LogP contribution in [0.1, 0.15) is 47.3 Å². The van der Waals surface area contributed by atoms with Crippen molar-refractivity contribution in [1.82, 2.24) is 14.8 Å². The van der Waals surface area contributed by atoms with Gasteiger partial charge in [-0.15, -0.1) is 5.10 Å². The number of Topliss-reactive ketones (excluding diaryl/α,β-unsaturated/α-hetero) is 1. The molecule has 0 bridgehead atoms. The second kappa shape index (κ2) is 4.61. The van der Waals surface area contributed by atoms with Crippen molar-refractivity contribution >= 4 is 28.4 Å². The molecular formula is C15H15IN4O. The molecule has 6 heteroatoms. The Kier molecular flexibility index (Phi) is 2.94. The Bertz CT molecular complexity index is 706. The maximum Gasteiger partial charge on any atom is 0.217 e. The number of alkyl halides is 1. The molecule has 2 atom stereocenters. The van der Waals surface area contributed by atoms with E-state index in [0.717, 1.165) is 24.8 Å². The fraction of sp³-hybridized carbons (Fsp3) is 0.400. The molecule has 1 aliphatic carbocycles. The van der Waals surface area contributed by atoms with E-state index in [4.69, 9.17) is 5.73 Å². The highest BCUT2D eigenvalue weighted by molar-refractivity contribution is 14.1. The zero-order valence-electron chi connectivity index (χ0n) is 11.4. The second-order valence-corrected chi connectivity index (χ2v) is 7.76. The van der Waals surface area contributed by atoms with Crippen LogP contribution in [0, 0.1) is 5.92 Å². The van der Waals surface area contributed by atoms with Gasteiger partial charge in [-0.3, -0.25) is 4.79 Å². The van der Waals surface area contributed by atoms with Gasteiger partial charge in [0.15, 0.2) is 5.82 Å². The summed E-state index contributed by atoms with van der Waals surface area (Å²) in [5.74, 6) is 1.24. The summed E-state index contributed by atoms with van der Waals surface area (Å²) in [4.78, 5) is 16.6. The molecule has 1 fully saturated rings. The molecule has 4 rings (SSSR count). The van der Waals surface area contributed by atoms with Crippen LogP contribution in [0.5, 0.6) is 0 Å². The molecule has 1 aromatic heterocycles. The molecule has 2 aromatic rings. The van der Waals surface area contributed by atoms with Gasteiger partial charge in [0.05, 0.1) is 6.04 Å². The highest BCUT2D eigenvalue weighted by Crippen LogP contribution is 2.44. The molecule has 0 saturated heterocycles. The minimum Gasteiger partial charge on any atom is -0.311 e. The molecule has 1 aliphatic heterocycles. The average Bonchev–Trinajstić information content (AvgIpc) is 3.17. The fourth-order valence-electron chi connectivity index (χ4n) is 2.85. The normalized spacial score (nSPS) is 27.6. The Balaban J connectivity index is 1.77. The summed E-state index contributed by atoms with van der Waals surface area (Å²) in [5, 5.41) is 4.48. The lowest BCUT2D eigenvalue weighted by Gasteiger charge is -2.15. The Hall–Kier alpha value is -1.28. The number of ketones is 1. The van der Waals surface area contributed by atoms with Gasteiger partial charge in [-0.05, 0) is 18.4 Å². The van der Waals surface area contributed by atoms with Gasteiger partial charge in [0.2, 0.25) is 11.6 Å². The molecule has 1 saturated carbocycles. The summed E-state index contributed by atoms with van der Waals surface area (Å²) < 4.78 is 1.27. The number of nitrogens with two attached hydrogens (primary N) is 1. The third-order valence-corrected chi connectivity index (χ3v) is 5.06. The van der Waals surface area contributed by atoms with Crippen LogP contribution in [-0.2, 0) is 3.55 Å². The number of rotatable bonds is 3. The highest BCUT2D eigenvalue weighted by Gasteiger charge is 2.44. The molecule has 0 radical (unpaired) electrons. The van der Waals surface area contributed by atoms with Crippen LogP contribution >= 0.6 is 22.6 Å². The van der Waals surface area contributed by atoms with Crippen molar-refractivity contribution in [2.45, 2.75) is 28.8 Å². The number of hydrogen-bond acceptors (Lipinski definition) is 4. The maximum absolute atomic E-state index is 12.2. The number of carbonyl (C=O) groups excluding carboxylic acids is 1. The molecule has 0 amide bonds. The molecule has 1 aromatic carbocycles. The van der Waals surface area contributed by atoms with E-state index in [2.05, 4.69) is 44.8 Å². The SMILES string of the molecule is NC1(I)C[C@H](c2ccccc2)n2nc(C(=O)C3CC3)nc21. The van der Waals surface area contributed by atoms with Gasteiger partial charge < -0.3 is 5.73 Å². The van der Waals surface area contributed by atoms with Crippen molar-refractivity contribution < 1.29 is 4.79 Å². The molecule has 5 nitrogen and oxygen atoms in total. The van der Waals surface area contributed by atoms with Crippen LogP contribution in [0.2, 0.25) is 0 Å². The van der Waals surface area contributed by atoms with Crippen molar-refractivity contribution in [3.63, 3.8) is 0 Å². The first-order chi connectivity index (χ1) is 10.1. The zero-order chi connectivity index (χ0) is 14.6. The summed E-state index contributed by atoms with van der Waals surface area (Å²) in [5.41, 5.74) is 7.53. The van der Waals surface area contributed by atoms with E-state index >= 15 is 0 Å². The molecule has 2 heterocycles. The molecule has 108 valence electrons. The van der Waals surface area contributed by atoms with Crippen LogP contribution < -0.4 is 5.73 Å². The minimum atomic E-state index is -0.576. The number of nitrogens with zero attached hydrogens (tertiary/aromatic N) is 3. The quantitative estimate of drug-likeness (QED) is 0.376. The van der Waals surface area contributed by atoms with E-state index in [9.17, 15) is 4.79 Å². The van der Waals surface area contributed by atoms with Crippen molar-refractivity contribution in [2.75, 3.05) is 0 Å². The lowest BCUT2D eigenvalue weighted by atomic mass is 10.0. The largest absolute Gasteiger partial charge is 0.311 e. The first-order valence-corrected chi connectivity index (χ1v) is 8.18. The molecule has 0 spiro atoms. The van der Waals surface area contributed by atoms with Gasteiger partial charge in [-0.25, -0.2) is 9.67 Å². The van der Waals surface area contributed by atoms with Crippen molar-refractivity contribution in [3.05, 3.63) is 47.5 Å². The van der Waals surface area contributed by atoms with Crippen LogP contribution in [-0.4, -0.2) is 20.5 Å².